The second-order valence-electron chi connectivity index (χ2n) is 17.6. The second kappa shape index (κ2) is 14.6. The predicted molar refractivity (Wildman–Crippen MR) is 275 cm³/mol. The molecule has 3 heteroatoms. The van der Waals surface area contributed by atoms with Crippen LogP contribution < -0.4 is 0 Å². The third-order valence-corrected chi connectivity index (χ3v) is 13.6. The molecule has 65 heavy (non-hydrogen) atoms. The van der Waals surface area contributed by atoms with Gasteiger partial charge in [-0.15, -0.1) is 0 Å². The number of aryl methyl sites for hydroxylation is 2. The number of hydrogen-bond acceptors (Lipinski definition) is 0. The highest BCUT2D eigenvalue weighted by Gasteiger charge is 2.18. The highest BCUT2D eigenvalue weighted by atomic mass is 15.0. The summed E-state index contributed by atoms with van der Waals surface area (Å²) in [6.45, 7) is 4.35. The number of nitrogens with zero attached hydrogens (tertiary/aromatic N) is 3. The van der Waals surface area contributed by atoms with E-state index in [9.17, 15) is 0 Å². The quantitative estimate of drug-likeness (QED) is 0.159. The number of aromatic nitrogens is 3. The average Bonchev–Trinajstić information content (AvgIpc) is 3.99. The van der Waals surface area contributed by atoms with E-state index < -0.39 is 0 Å². The van der Waals surface area contributed by atoms with Gasteiger partial charge in [0.25, 0.3) is 0 Å². The lowest BCUT2D eigenvalue weighted by Crippen LogP contribution is -1.95. The van der Waals surface area contributed by atoms with Gasteiger partial charge in [0, 0.05) is 49.4 Å². The Morgan fingerprint density at radius 1 is 0.215 bits per heavy atom. The summed E-state index contributed by atoms with van der Waals surface area (Å²) in [7, 11) is 0. The minimum Gasteiger partial charge on any atom is -0.309 e. The first-order valence-electron chi connectivity index (χ1n) is 22.5. The summed E-state index contributed by atoms with van der Waals surface area (Å²) >= 11 is 0. The largest absolute Gasteiger partial charge is 0.309 e. The zero-order chi connectivity index (χ0) is 43.2. The summed E-state index contributed by atoms with van der Waals surface area (Å²) < 4.78 is 7.23. The zero-order valence-corrected chi connectivity index (χ0v) is 36.2. The molecular weight excluding hydrogens is 787 g/mol. The molecule has 306 valence electrons. The predicted octanol–water partition coefficient (Wildman–Crippen LogP) is 16.6. The van der Waals surface area contributed by atoms with Gasteiger partial charge in [-0.2, -0.15) is 0 Å². The van der Waals surface area contributed by atoms with E-state index in [4.69, 9.17) is 0 Å². The van der Waals surface area contributed by atoms with E-state index in [0.717, 1.165) is 17.1 Å². The maximum absolute atomic E-state index is 2.42. The molecule has 0 aliphatic carbocycles. The van der Waals surface area contributed by atoms with E-state index in [-0.39, 0.29) is 0 Å². The van der Waals surface area contributed by atoms with E-state index in [1.807, 2.05) is 0 Å². The van der Waals surface area contributed by atoms with Crippen LogP contribution in [0.4, 0.5) is 0 Å². The number of fused-ring (bicyclic) bond motifs is 9. The molecule has 3 nitrogen and oxygen atoms in total. The SMILES string of the molecule is Cc1ccc2c(c1)c1cc(C)ccc1n2-c1cccc(-c2ccc3c(c2)c2ccccc2n3-c2ccc(-c3ccc4c(c3)c3ccccc3n4-c3ccc(-c4ccccc4)cc3)cc2)c1. The van der Waals surface area contributed by atoms with Crippen LogP contribution in [0, 0.1) is 13.8 Å². The molecule has 3 heterocycles. The smallest absolute Gasteiger partial charge is 0.0541 e. The molecule has 0 amide bonds. The lowest BCUT2D eigenvalue weighted by atomic mass is 10.0. The molecule has 0 fully saturated rings. The van der Waals surface area contributed by atoms with Crippen LogP contribution in [0.1, 0.15) is 11.1 Å². The molecule has 0 atom stereocenters. The third-order valence-electron chi connectivity index (χ3n) is 13.6. The van der Waals surface area contributed by atoms with Crippen LogP contribution in [0.3, 0.4) is 0 Å². The van der Waals surface area contributed by atoms with Crippen LogP contribution in [0.2, 0.25) is 0 Å². The molecule has 0 N–H and O–H groups in total. The molecule has 13 aromatic rings. The molecule has 10 aromatic carbocycles. The minimum atomic E-state index is 1.14. The maximum Gasteiger partial charge on any atom is 0.0541 e. The number of benzene rings is 10. The van der Waals surface area contributed by atoms with Crippen LogP contribution in [0.25, 0.3) is 116 Å². The highest BCUT2D eigenvalue weighted by molar-refractivity contribution is 6.12. The molecule has 3 aromatic heterocycles. The van der Waals surface area contributed by atoms with Crippen molar-refractivity contribution < 1.29 is 0 Å². The first-order chi connectivity index (χ1) is 32.0. The van der Waals surface area contributed by atoms with Crippen molar-refractivity contribution in [1.82, 2.24) is 13.7 Å². The average molecular weight is 830 g/mol. The monoisotopic (exact) mass is 829 g/mol. The van der Waals surface area contributed by atoms with Crippen LogP contribution in [0.15, 0.2) is 224 Å². The van der Waals surface area contributed by atoms with Gasteiger partial charge in [-0.1, -0.05) is 139 Å². The summed E-state index contributed by atoms with van der Waals surface area (Å²) in [6.07, 6.45) is 0. The minimum absolute atomic E-state index is 1.14. The lowest BCUT2D eigenvalue weighted by Gasteiger charge is -2.12. The van der Waals surface area contributed by atoms with Crippen molar-refractivity contribution in [2.24, 2.45) is 0 Å². The van der Waals surface area contributed by atoms with Crippen molar-refractivity contribution in [2.45, 2.75) is 13.8 Å². The number of hydrogen-bond donors (Lipinski definition) is 0. The van der Waals surface area contributed by atoms with Crippen molar-refractivity contribution in [2.75, 3.05) is 0 Å². The van der Waals surface area contributed by atoms with Crippen LogP contribution in [-0.4, -0.2) is 13.7 Å². The van der Waals surface area contributed by atoms with Gasteiger partial charge in [-0.25, -0.2) is 0 Å². The first kappa shape index (κ1) is 37.2. The Morgan fingerprint density at radius 3 is 1.11 bits per heavy atom. The van der Waals surface area contributed by atoms with Crippen LogP contribution in [-0.2, 0) is 0 Å². The van der Waals surface area contributed by atoms with Crippen molar-refractivity contribution >= 4 is 65.4 Å². The summed E-state index contributed by atoms with van der Waals surface area (Å²) in [4.78, 5) is 0. The van der Waals surface area contributed by atoms with E-state index in [2.05, 4.69) is 252 Å². The Bertz CT molecular complexity index is 3930. The van der Waals surface area contributed by atoms with Gasteiger partial charge < -0.3 is 13.7 Å². The van der Waals surface area contributed by atoms with E-state index in [0.29, 0.717) is 0 Å². The molecule has 0 spiro atoms. The van der Waals surface area contributed by atoms with Gasteiger partial charge in [0.05, 0.1) is 33.1 Å². The highest BCUT2D eigenvalue weighted by Crippen LogP contribution is 2.39. The molecule has 0 saturated carbocycles. The number of rotatable bonds is 6. The fourth-order valence-corrected chi connectivity index (χ4v) is 10.5. The standard InChI is InChI=1S/C62H43N3/c1-40-19-31-59-53(35-40)54-36-41(2)20-32-60(54)65(59)50-14-10-13-45(37-50)47-26-34-62-56(39-47)52-16-7-9-18-58(52)64(62)49-29-23-44(24-30-49)46-25-33-61-55(38-46)51-15-6-8-17-57(51)63(61)48-27-21-43(22-28-48)42-11-4-3-5-12-42/h3-39H,1-2H3. The zero-order valence-electron chi connectivity index (χ0n) is 36.2. The molecule has 0 bridgehead atoms. The molecule has 0 aliphatic rings. The summed E-state index contributed by atoms with van der Waals surface area (Å²) in [5, 5.41) is 7.58. The first-order valence-corrected chi connectivity index (χ1v) is 22.5. The van der Waals surface area contributed by atoms with Crippen LogP contribution in [0.5, 0.6) is 0 Å². The van der Waals surface area contributed by atoms with Crippen molar-refractivity contribution in [3.8, 4) is 50.4 Å². The van der Waals surface area contributed by atoms with Crippen molar-refractivity contribution in [1.29, 1.82) is 0 Å². The van der Waals surface area contributed by atoms with Gasteiger partial charge >= 0.3 is 0 Å². The van der Waals surface area contributed by atoms with Crippen molar-refractivity contribution in [3.63, 3.8) is 0 Å². The molecule has 0 radical (unpaired) electrons. The Morgan fingerprint density at radius 2 is 0.569 bits per heavy atom. The third kappa shape index (κ3) is 5.97. The van der Waals surface area contributed by atoms with Gasteiger partial charge in [-0.05, 0) is 144 Å². The lowest BCUT2D eigenvalue weighted by molar-refractivity contribution is 1.18. The van der Waals surface area contributed by atoms with Gasteiger partial charge in [0.1, 0.15) is 0 Å². The Balaban J connectivity index is 0.864. The molecule has 0 aliphatic heterocycles. The summed E-state index contributed by atoms with van der Waals surface area (Å²) in [5.41, 5.74) is 20.5. The topological polar surface area (TPSA) is 14.8 Å². The Hall–Kier alpha value is -8.40. The Kier molecular flexibility index (Phi) is 8.34. The normalized spacial score (nSPS) is 11.8. The van der Waals surface area contributed by atoms with E-state index in [1.54, 1.807) is 0 Å². The molecular formula is C62H43N3. The number of para-hydroxylation sites is 2. The second-order valence-corrected chi connectivity index (χ2v) is 17.6. The summed E-state index contributed by atoms with van der Waals surface area (Å²) in [6, 6.07) is 82.7. The molecule has 0 unspecified atom stereocenters. The van der Waals surface area contributed by atoms with Crippen LogP contribution >= 0.6 is 0 Å². The molecule has 0 saturated heterocycles. The fourth-order valence-electron chi connectivity index (χ4n) is 10.5. The fraction of sp³-hybridized carbons (Fsp3) is 0.0323. The van der Waals surface area contributed by atoms with Gasteiger partial charge in [0.2, 0.25) is 0 Å². The van der Waals surface area contributed by atoms with E-state index >= 15 is 0 Å². The Labute approximate surface area is 377 Å². The van der Waals surface area contributed by atoms with E-state index in [1.165, 1.54) is 110 Å². The molecule has 13 rings (SSSR count). The summed E-state index contributed by atoms with van der Waals surface area (Å²) in [5.74, 6) is 0. The maximum atomic E-state index is 2.42. The van der Waals surface area contributed by atoms with Crippen molar-refractivity contribution in [3.05, 3.63) is 236 Å². The van der Waals surface area contributed by atoms with Gasteiger partial charge in [0.15, 0.2) is 0 Å². The van der Waals surface area contributed by atoms with Gasteiger partial charge in [-0.3, -0.25) is 0 Å².